The van der Waals surface area contributed by atoms with Crippen molar-refractivity contribution in [1.29, 1.82) is 0 Å². The topological polar surface area (TPSA) is 86.4 Å². The van der Waals surface area contributed by atoms with E-state index in [1.165, 1.54) is 11.3 Å². The molecule has 0 aliphatic carbocycles. The number of fused-ring (bicyclic) bond motifs is 1. The predicted molar refractivity (Wildman–Crippen MR) is 91.0 cm³/mol. The Hall–Kier alpha value is -2.39. The van der Waals surface area contributed by atoms with Crippen molar-refractivity contribution >= 4 is 45.0 Å². The summed E-state index contributed by atoms with van der Waals surface area (Å²) in [5.41, 5.74) is 1.38. The van der Waals surface area contributed by atoms with Crippen LogP contribution >= 0.6 is 22.9 Å². The van der Waals surface area contributed by atoms with Gasteiger partial charge < -0.3 is 9.30 Å². The molecule has 1 aromatic carbocycles. The van der Waals surface area contributed by atoms with Crippen LogP contribution in [0.2, 0.25) is 0 Å². The summed E-state index contributed by atoms with van der Waals surface area (Å²) in [6.45, 7) is 3.77. The van der Waals surface area contributed by atoms with E-state index >= 15 is 0 Å². The molecule has 24 heavy (non-hydrogen) atoms. The fraction of sp³-hybridized carbons (Fsp3) is 0.267. The van der Waals surface area contributed by atoms with Gasteiger partial charge in [0.1, 0.15) is 11.4 Å². The Morgan fingerprint density at radius 2 is 2.12 bits per heavy atom. The third-order valence-electron chi connectivity index (χ3n) is 3.22. The number of aryl methyl sites for hydroxylation is 1. The standard InChI is InChI=1S/C15H14N4O3S2/c1-3-22-12(20)8-19-10-6-4-5-7-11(10)23-15(19)16-14(21)13-9(2)17-18-24-13/h4-7H,3,8H2,1-2H3. The lowest BCUT2D eigenvalue weighted by Gasteiger charge is -2.04. The predicted octanol–water partition coefficient (Wildman–Crippen LogP) is 2.17. The van der Waals surface area contributed by atoms with Gasteiger partial charge in [0.05, 0.1) is 22.5 Å². The van der Waals surface area contributed by atoms with Crippen molar-refractivity contribution in [3.8, 4) is 0 Å². The molecule has 124 valence electrons. The van der Waals surface area contributed by atoms with Crippen molar-refractivity contribution in [3.05, 3.63) is 39.6 Å². The summed E-state index contributed by atoms with van der Waals surface area (Å²) < 4.78 is 11.4. The number of rotatable bonds is 4. The molecule has 7 nitrogen and oxygen atoms in total. The summed E-state index contributed by atoms with van der Waals surface area (Å²) in [6, 6.07) is 7.58. The summed E-state index contributed by atoms with van der Waals surface area (Å²) >= 11 is 2.36. The number of esters is 1. The Labute approximate surface area is 145 Å². The van der Waals surface area contributed by atoms with Crippen LogP contribution in [0, 0.1) is 6.92 Å². The molecule has 0 atom stereocenters. The van der Waals surface area contributed by atoms with Gasteiger partial charge in [-0.05, 0) is 37.5 Å². The zero-order chi connectivity index (χ0) is 17.1. The SMILES string of the molecule is CCOC(=O)Cn1c(=NC(=O)c2snnc2C)sc2ccccc21. The minimum absolute atomic E-state index is 0.00386. The van der Waals surface area contributed by atoms with Crippen LogP contribution in [0.3, 0.4) is 0 Å². The lowest BCUT2D eigenvalue weighted by atomic mass is 10.3. The number of carbonyl (C=O) groups excluding carboxylic acids is 2. The Balaban J connectivity index is 2.09. The van der Waals surface area contributed by atoms with Crippen LogP contribution in [0.25, 0.3) is 10.2 Å². The number of thiazole rings is 1. The van der Waals surface area contributed by atoms with Gasteiger partial charge in [-0.2, -0.15) is 4.99 Å². The van der Waals surface area contributed by atoms with E-state index in [2.05, 4.69) is 14.6 Å². The van der Waals surface area contributed by atoms with Crippen molar-refractivity contribution in [2.45, 2.75) is 20.4 Å². The van der Waals surface area contributed by atoms with Crippen LogP contribution in [0.4, 0.5) is 0 Å². The molecule has 0 fully saturated rings. The first-order valence-corrected chi connectivity index (χ1v) is 8.81. The van der Waals surface area contributed by atoms with Gasteiger partial charge in [-0.25, -0.2) is 0 Å². The Bertz CT molecular complexity index is 970. The van der Waals surface area contributed by atoms with Crippen molar-refractivity contribution in [2.24, 2.45) is 4.99 Å². The molecule has 0 saturated heterocycles. The minimum atomic E-state index is -0.410. The largest absolute Gasteiger partial charge is 0.465 e. The minimum Gasteiger partial charge on any atom is -0.465 e. The first kappa shape index (κ1) is 16.5. The Kier molecular flexibility index (Phi) is 4.81. The van der Waals surface area contributed by atoms with Crippen LogP contribution in [0.5, 0.6) is 0 Å². The lowest BCUT2D eigenvalue weighted by Crippen LogP contribution is -2.23. The molecule has 1 amide bonds. The normalized spacial score (nSPS) is 11.8. The van der Waals surface area contributed by atoms with Gasteiger partial charge in [-0.3, -0.25) is 9.59 Å². The molecule has 2 heterocycles. The smallest absolute Gasteiger partial charge is 0.326 e. The number of amides is 1. The highest BCUT2D eigenvalue weighted by molar-refractivity contribution is 7.16. The van der Waals surface area contributed by atoms with Gasteiger partial charge in [-0.15, -0.1) is 5.10 Å². The Morgan fingerprint density at radius 3 is 2.83 bits per heavy atom. The number of hydrogen-bond donors (Lipinski definition) is 0. The fourth-order valence-electron chi connectivity index (χ4n) is 2.16. The van der Waals surface area contributed by atoms with E-state index in [0.29, 0.717) is 22.0 Å². The zero-order valence-electron chi connectivity index (χ0n) is 13.1. The second-order valence-electron chi connectivity index (χ2n) is 4.85. The molecule has 0 aliphatic heterocycles. The molecular weight excluding hydrogens is 348 g/mol. The Morgan fingerprint density at radius 1 is 1.33 bits per heavy atom. The average Bonchev–Trinajstić information content (AvgIpc) is 3.12. The van der Waals surface area contributed by atoms with E-state index in [4.69, 9.17) is 4.74 Å². The van der Waals surface area contributed by atoms with E-state index in [1.54, 1.807) is 18.4 Å². The third-order valence-corrected chi connectivity index (χ3v) is 5.10. The summed E-state index contributed by atoms with van der Waals surface area (Å²) in [5, 5.41) is 3.83. The maximum Gasteiger partial charge on any atom is 0.326 e. The summed E-state index contributed by atoms with van der Waals surface area (Å²) in [5.74, 6) is -0.780. The van der Waals surface area contributed by atoms with Crippen LogP contribution in [-0.2, 0) is 16.1 Å². The third kappa shape index (κ3) is 3.26. The first-order chi connectivity index (χ1) is 11.6. The van der Waals surface area contributed by atoms with Crippen LogP contribution in [-0.4, -0.2) is 32.6 Å². The first-order valence-electron chi connectivity index (χ1n) is 7.22. The van der Waals surface area contributed by atoms with Crippen molar-refractivity contribution in [2.75, 3.05) is 6.61 Å². The molecule has 2 aromatic heterocycles. The van der Waals surface area contributed by atoms with Gasteiger partial charge in [0.25, 0.3) is 5.91 Å². The molecule has 0 saturated carbocycles. The highest BCUT2D eigenvalue weighted by atomic mass is 32.1. The lowest BCUT2D eigenvalue weighted by molar-refractivity contribution is -0.143. The monoisotopic (exact) mass is 362 g/mol. The van der Waals surface area contributed by atoms with Crippen LogP contribution < -0.4 is 4.80 Å². The molecule has 0 radical (unpaired) electrons. The van der Waals surface area contributed by atoms with Gasteiger partial charge in [0.15, 0.2) is 4.80 Å². The van der Waals surface area contributed by atoms with Gasteiger partial charge >= 0.3 is 5.97 Å². The number of nitrogens with zero attached hydrogens (tertiary/aromatic N) is 4. The second kappa shape index (κ2) is 7.02. The number of carbonyl (C=O) groups is 2. The molecule has 0 aliphatic rings. The number of ether oxygens (including phenoxy) is 1. The highest BCUT2D eigenvalue weighted by Crippen LogP contribution is 2.17. The van der Waals surface area contributed by atoms with Crippen LogP contribution in [0.1, 0.15) is 22.3 Å². The molecular formula is C15H14N4O3S2. The molecule has 0 bridgehead atoms. The molecule has 0 unspecified atom stereocenters. The van der Waals surface area contributed by atoms with Crippen molar-refractivity contribution < 1.29 is 14.3 Å². The van der Waals surface area contributed by atoms with Crippen molar-refractivity contribution in [3.63, 3.8) is 0 Å². The molecule has 3 aromatic rings. The number of aromatic nitrogens is 3. The molecule has 0 N–H and O–H groups in total. The molecule has 0 spiro atoms. The average molecular weight is 362 g/mol. The quantitative estimate of drug-likeness (QED) is 0.664. The number of para-hydroxylation sites is 1. The van der Waals surface area contributed by atoms with E-state index in [0.717, 1.165) is 21.7 Å². The molecule has 9 heteroatoms. The van der Waals surface area contributed by atoms with E-state index in [-0.39, 0.29) is 12.5 Å². The zero-order valence-corrected chi connectivity index (χ0v) is 14.7. The van der Waals surface area contributed by atoms with Gasteiger partial charge in [0.2, 0.25) is 0 Å². The van der Waals surface area contributed by atoms with Gasteiger partial charge in [0, 0.05) is 0 Å². The number of benzene rings is 1. The van der Waals surface area contributed by atoms with E-state index < -0.39 is 5.91 Å². The molecule has 3 rings (SSSR count). The van der Waals surface area contributed by atoms with Gasteiger partial charge in [-0.1, -0.05) is 28.0 Å². The summed E-state index contributed by atoms with van der Waals surface area (Å²) in [7, 11) is 0. The van der Waals surface area contributed by atoms with E-state index in [9.17, 15) is 9.59 Å². The fourth-order valence-corrected chi connectivity index (χ4v) is 3.73. The van der Waals surface area contributed by atoms with Crippen LogP contribution in [0.15, 0.2) is 29.3 Å². The highest BCUT2D eigenvalue weighted by Gasteiger charge is 2.15. The summed E-state index contributed by atoms with van der Waals surface area (Å²) in [6.07, 6.45) is 0. The second-order valence-corrected chi connectivity index (χ2v) is 6.61. The maximum atomic E-state index is 12.4. The summed E-state index contributed by atoms with van der Waals surface area (Å²) in [4.78, 5) is 29.3. The van der Waals surface area contributed by atoms with Crippen molar-refractivity contribution in [1.82, 2.24) is 14.2 Å². The maximum absolute atomic E-state index is 12.4. The number of hydrogen-bond acceptors (Lipinski definition) is 7. The van der Waals surface area contributed by atoms with E-state index in [1.807, 2.05) is 24.3 Å².